The van der Waals surface area contributed by atoms with Gasteiger partial charge in [0.1, 0.15) is 6.54 Å². The average molecular weight is 254 g/mol. The molecule has 0 unspecified atom stereocenters. The van der Waals surface area contributed by atoms with Gasteiger partial charge in [-0.1, -0.05) is 12.8 Å². The van der Waals surface area contributed by atoms with Crippen molar-refractivity contribution in [1.29, 1.82) is 0 Å². The van der Waals surface area contributed by atoms with Crippen molar-refractivity contribution in [2.24, 2.45) is 0 Å². The molecule has 0 aromatic heterocycles. The number of ether oxygens (including phenoxy) is 1. The van der Waals surface area contributed by atoms with Crippen LogP contribution >= 0.6 is 0 Å². The van der Waals surface area contributed by atoms with Gasteiger partial charge < -0.3 is 15.4 Å². The van der Waals surface area contributed by atoms with E-state index in [0.717, 1.165) is 25.7 Å². The van der Waals surface area contributed by atoms with Gasteiger partial charge in [-0.15, -0.1) is 0 Å². The van der Waals surface area contributed by atoms with Crippen molar-refractivity contribution in [3.63, 3.8) is 0 Å². The first kappa shape index (κ1) is 14.1. The zero-order valence-electron chi connectivity index (χ0n) is 9.48. The summed E-state index contributed by atoms with van der Waals surface area (Å²) in [5.74, 6) is 0. The molecule has 1 fully saturated rings. The smallest absolute Gasteiger partial charge is 0.376 e. The Bertz CT molecular complexity index is 240. The van der Waals surface area contributed by atoms with E-state index in [1.54, 1.807) is 5.32 Å². The van der Waals surface area contributed by atoms with Crippen molar-refractivity contribution < 1.29 is 22.7 Å². The van der Waals surface area contributed by atoms with Crippen molar-refractivity contribution >= 4 is 6.03 Å². The fourth-order valence-corrected chi connectivity index (χ4v) is 1.69. The number of hydrogen-bond donors (Lipinski definition) is 2. The first-order chi connectivity index (χ1) is 7.97. The quantitative estimate of drug-likeness (QED) is 0.735. The number of carbonyl (C=O) groups excluding carboxylic acids is 1. The Morgan fingerprint density at radius 1 is 1.24 bits per heavy atom. The normalized spacial score (nSPS) is 17.1. The van der Waals surface area contributed by atoms with Crippen molar-refractivity contribution in [2.75, 3.05) is 19.7 Å². The fourth-order valence-electron chi connectivity index (χ4n) is 1.69. The molecule has 100 valence electrons. The van der Waals surface area contributed by atoms with Gasteiger partial charge in [0.25, 0.3) is 0 Å². The van der Waals surface area contributed by atoms with Crippen LogP contribution in [0.25, 0.3) is 0 Å². The molecule has 0 aromatic carbocycles. The molecule has 0 spiro atoms. The molecular formula is C10H17F3N2O2. The summed E-state index contributed by atoms with van der Waals surface area (Å²) in [6, 6.07) is -0.822. The monoisotopic (exact) mass is 254 g/mol. The van der Waals surface area contributed by atoms with Crippen molar-refractivity contribution in [3.8, 4) is 0 Å². The number of hydrogen-bond acceptors (Lipinski definition) is 2. The second kappa shape index (κ2) is 6.68. The van der Waals surface area contributed by atoms with Gasteiger partial charge in [0.15, 0.2) is 0 Å². The molecule has 0 saturated heterocycles. The first-order valence-electron chi connectivity index (χ1n) is 5.67. The maximum absolute atomic E-state index is 11.7. The Morgan fingerprint density at radius 3 is 2.47 bits per heavy atom. The predicted molar refractivity (Wildman–Crippen MR) is 55.7 cm³/mol. The molecule has 2 amide bonds. The van der Waals surface area contributed by atoms with Crippen molar-refractivity contribution in [3.05, 3.63) is 0 Å². The topological polar surface area (TPSA) is 50.4 Å². The lowest BCUT2D eigenvalue weighted by molar-refractivity contribution is -0.122. The van der Waals surface area contributed by atoms with E-state index < -0.39 is 18.8 Å². The van der Waals surface area contributed by atoms with Crippen LogP contribution in [0.2, 0.25) is 0 Å². The second-order valence-corrected chi connectivity index (χ2v) is 4.00. The zero-order valence-corrected chi connectivity index (χ0v) is 9.48. The van der Waals surface area contributed by atoms with Gasteiger partial charge in [0.2, 0.25) is 0 Å². The number of halogens is 3. The van der Waals surface area contributed by atoms with Crippen LogP contribution in [-0.2, 0) is 4.74 Å². The molecule has 0 aliphatic heterocycles. The van der Waals surface area contributed by atoms with Crippen LogP contribution in [0, 0.1) is 0 Å². The fraction of sp³-hybridized carbons (Fsp3) is 0.900. The molecule has 17 heavy (non-hydrogen) atoms. The van der Waals surface area contributed by atoms with E-state index in [2.05, 4.69) is 5.32 Å². The Balaban J connectivity index is 1.96. The lowest BCUT2D eigenvalue weighted by Gasteiger charge is -2.12. The Hall–Kier alpha value is -0.980. The lowest BCUT2D eigenvalue weighted by atomic mass is 10.3. The van der Waals surface area contributed by atoms with E-state index in [4.69, 9.17) is 4.74 Å². The average Bonchev–Trinajstić information content (AvgIpc) is 2.73. The number of amides is 2. The van der Waals surface area contributed by atoms with Gasteiger partial charge in [0.05, 0.1) is 12.7 Å². The highest BCUT2D eigenvalue weighted by atomic mass is 19.4. The second-order valence-electron chi connectivity index (χ2n) is 4.00. The summed E-state index contributed by atoms with van der Waals surface area (Å²) in [4.78, 5) is 10.9. The van der Waals surface area contributed by atoms with E-state index in [-0.39, 0.29) is 12.6 Å². The zero-order chi connectivity index (χ0) is 12.7. The summed E-state index contributed by atoms with van der Waals surface area (Å²) in [7, 11) is 0. The molecule has 1 aliphatic rings. The minimum absolute atomic E-state index is 0.222. The molecule has 1 saturated carbocycles. The molecule has 7 heteroatoms. The molecule has 0 atom stereocenters. The summed E-state index contributed by atoms with van der Waals surface area (Å²) < 4.78 is 40.7. The Labute approximate surface area is 97.9 Å². The third-order valence-corrected chi connectivity index (χ3v) is 2.49. The third-order valence-electron chi connectivity index (χ3n) is 2.49. The van der Waals surface area contributed by atoms with Crippen LogP contribution in [0.5, 0.6) is 0 Å². The third kappa shape index (κ3) is 7.04. The highest BCUT2D eigenvalue weighted by Crippen LogP contribution is 2.20. The van der Waals surface area contributed by atoms with Crippen LogP contribution in [-0.4, -0.2) is 38.0 Å². The molecule has 0 bridgehead atoms. The first-order valence-corrected chi connectivity index (χ1v) is 5.67. The van der Waals surface area contributed by atoms with E-state index in [1.807, 2.05) is 0 Å². The number of rotatable bonds is 5. The van der Waals surface area contributed by atoms with Crippen LogP contribution < -0.4 is 10.6 Å². The molecule has 0 heterocycles. The molecule has 4 nitrogen and oxygen atoms in total. The highest BCUT2D eigenvalue weighted by Gasteiger charge is 2.27. The Morgan fingerprint density at radius 2 is 1.88 bits per heavy atom. The molecule has 1 rings (SSSR count). The summed E-state index contributed by atoms with van der Waals surface area (Å²) >= 11 is 0. The van der Waals surface area contributed by atoms with E-state index in [0.29, 0.717) is 6.61 Å². The predicted octanol–water partition coefficient (Wildman–Crippen LogP) is 1.81. The van der Waals surface area contributed by atoms with E-state index >= 15 is 0 Å². The van der Waals surface area contributed by atoms with Gasteiger partial charge >= 0.3 is 12.2 Å². The highest BCUT2D eigenvalue weighted by molar-refractivity contribution is 5.73. The van der Waals surface area contributed by atoms with Gasteiger partial charge in [0, 0.05) is 6.54 Å². The van der Waals surface area contributed by atoms with Crippen molar-refractivity contribution in [1.82, 2.24) is 10.6 Å². The summed E-state index contributed by atoms with van der Waals surface area (Å²) in [5, 5.41) is 4.02. The number of alkyl halides is 3. The minimum atomic E-state index is -4.38. The lowest BCUT2D eigenvalue weighted by Crippen LogP contribution is -2.42. The van der Waals surface area contributed by atoms with Crippen molar-refractivity contribution in [2.45, 2.75) is 38.0 Å². The number of urea groups is 1. The minimum Gasteiger partial charge on any atom is -0.376 e. The Kier molecular flexibility index (Phi) is 5.54. The molecule has 1 aliphatic carbocycles. The van der Waals surface area contributed by atoms with E-state index in [1.165, 1.54) is 0 Å². The molecular weight excluding hydrogens is 237 g/mol. The van der Waals surface area contributed by atoms with Gasteiger partial charge in [-0.25, -0.2) is 4.79 Å². The SMILES string of the molecule is O=C(NCCOC1CCCC1)NCC(F)(F)F. The van der Waals surface area contributed by atoms with Crippen LogP contribution in [0.4, 0.5) is 18.0 Å². The number of carbonyl (C=O) groups is 1. The summed E-state index contributed by atoms with van der Waals surface area (Å²) in [5.41, 5.74) is 0. The largest absolute Gasteiger partial charge is 0.405 e. The standard InChI is InChI=1S/C10H17F3N2O2/c11-10(12,13)7-15-9(16)14-5-6-17-8-3-1-2-4-8/h8H,1-7H2,(H2,14,15,16). The van der Waals surface area contributed by atoms with Crippen LogP contribution in [0.1, 0.15) is 25.7 Å². The maximum atomic E-state index is 11.7. The van der Waals surface area contributed by atoms with Crippen LogP contribution in [0.3, 0.4) is 0 Å². The summed E-state index contributed by atoms with van der Waals surface area (Å²) in [6.07, 6.45) is 0.238. The maximum Gasteiger partial charge on any atom is 0.405 e. The molecule has 0 radical (unpaired) electrons. The molecule has 2 N–H and O–H groups in total. The summed E-state index contributed by atoms with van der Waals surface area (Å²) in [6.45, 7) is -0.757. The van der Waals surface area contributed by atoms with Gasteiger partial charge in [-0.3, -0.25) is 0 Å². The number of nitrogens with one attached hydrogen (secondary N) is 2. The van der Waals surface area contributed by atoms with Crippen LogP contribution in [0.15, 0.2) is 0 Å². The van der Waals surface area contributed by atoms with E-state index in [9.17, 15) is 18.0 Å². The van der Waals surface area contributed by atoms with Gasteiger partial charge in [-0.05, 0) is 12.8 Å². The van der Waals surface area contributed by atoms with Gasteiger partial charge in [-0.2, -0.15) is 13.2 Å². The molecule has 0 aromatic rings.